The van der Waals surface area contributed by atoms with Crippen LogP contribution in [0.5, 0.6) is 0 Å². The highest BCUT2D eigenvalue weighted by Crippen LogP contribution is 2.28. The number of halogens is 2. The fourth-order valence-electron chi connectivity index (χ4n) is 3.74. The molecule has 0 spiro atoms. The van der Waals surface area contributed by atoms with Crippen molar-refractivity contribution in [3.05, 3.63) is 51.8 Å². The van der Waals surface area contributed by atoms with Crippen molar-refractivity contribution < 1.29 is 9.53 Å². The molecule has 0 bridgehead atoms. The van der Waals surface area contributed by atoms with Gasteiger partial charge in [-0.05, 0) is 43.9 Å². The minimum Gasteiger partial charge on any atom is -0.381 e. The summed E-state index contributed by atoms with van der Waals surface area (Å²) in [6.45, 7) is 4.63. The summed E-state index contributed by atoms with van der Waals surface area (Å²) in [6, 6.07) is 5.74. The van der Waals surface area contributed by atoms with E-state index < -0.39 is 0 Å². The predicted molar refractivity (Wildman–Crippen MR) is 123 cm³/mol. The first-order valence-corrected chi connectivity index (χ1v) is 11.2. The number of nitrogens with one attached hydrogen (secondary N) is 2. The lowest BCUT2D eigenvalue weighted by atomic mass is 10.1. The van der Waals surface area contributed by atoms with Crippen molar-refractivity contribution >= 4 is 45.8 Å². The molecule has 7 nitrogen and oxygen atoms in total. The number of aromatic nitrogens is 3. The number of anilines is 1. The van der Waals surface area contributed by atoms with E-state index in [1.807, 2.05) is 23.7 Å². The Morgan fingerprint density at radius 1 is 1.23 bits per heavy atom. The standard InChI is InChI=1S/C22H25Cl2N5O2/c1-2-29-21-16(13-27-29)20(28-15-6-9-31-10-7-15)17(12-26-21)22(30)25-8-5-14-3-4-18(23)19(24)11-14/h3-4,11-13,15H,2,5-10H2,1H3,(H,25,30)(H,26,28). The van der Waals surface area contributed by atoms with Gasteiger partial charge in [0.2, 0.25) is 0 Å². The van der Waals surface area contributed by atoms with Gasteiger partial charge in [0, 0.05) is 38.5 Å². The molecule has 0 atom stereocenters. The van der Waals surface area contributed by atoms with Crippen LogP contribution < -0.4 is 10.6 Å². The number of pyridine rings is 1. The van der Waals surface area contributed by atoms with E-state index in [-0.39, 0.29) is 11.9 Å². The number of aryl methyl sites for hydroxylation is 1. The maximum Gasteiger partial charge on any atom is 0.254 e. The van der Waals surface area contributed by atoms with Gasteiger partial charge in [0.1, 0.15) is 0 Å². The number of ether oxygens (including phenoxy) is 1. The highest BCUT2D eigenvalue weighted by Gasteiger charge is 2.22. The fourth-order valence-corrected chi connectivity index (χ4v) is 4.06. The van der Waals surface area contributed by atoms with Crippen molar-refractivity contribution in [2.24, 2.45) is 0 Å². The van der Waals surface area contributed by atoms with Crippen LogP contribution in [-0.4, -0.2) is 46.5 Å². The molecule has 0 saturated carbocycles. The molecule has 9 heteroatoms. The van der Waals surface area contributed by atoms with Crippen molar-refractivity contribution in [3.63, 3.8) is 0 Å². The van der Waals surface area contributed by atoms with Crippen LogP contribution in [0, 0.1) is 0 Å². The van der Waals surface area contributed by atoms with Crippen LogP contribution in [0.3, 0.4) is 0 Å². The number of benzene rings is 1. The molecule has 0 aliphatic carbocycles. The molecular weight excluding hydrogens is 437 g/mol. The largest absolute Gasteiger partial charge is 0.381 e. The van der Waals surface area contributed by atoms with Gasteiger partial charge in [-0.2, -0.15) is 5.10 Å². The molecule has 2 N–H and O–H groups in total. The van der Waals surface area contributed by atoms with Crippen LogP contribution in [0.4, 0.5) is 5.69 Å². The van der Waals surface area contributed by atoms with Gasteiger partial charge in [0.15, 0.2) is 5.65 Å². The molecular formula is C22H25Cl2N5O2. The average molecular weight is 462 g/mol. The quantitative estimate of drug-likeness (QED) is 0.547. The van der Waals surface area contributed by atoms with Crippen molar-refractivity contribution in [3.8, 4) is 0 Å². The maximum atomic E-state index is 13.0. The smallest absolute Gasteiger partial charge is 0.254 e. The van der Waals surface area contributed by atoms with Crippen molar-refractivity contribution in [1.82, 2.24) is 20.1 Å². The minimum absolute atomic E-state index is 0.173. The first-order valence-electron chi connectivity index (χ1n) is 10.5. The Hall–Kier alpha value is -2.35. The number of carbonyl (C=O) groups is 1. The van der Waals surface area contributed by atoms with Gasteiger partial charge in [-0.1, -0.05) is 29.3 Å². The predicted octanol–water partition coefficient (Wildman–Crippen LogP) is 4.32. The van der Waals surface area contributed by atoms with Crippen LogP contribution in [0.2, 0.25) is 10.0 Å². The Bertz CT molecular complexity index is 1080. The Balaban J connectivity index is 1.53. The van der Waals surface area contributed by atoms with Crippen molar-refractivity contribution in [1.29, 1.82) is 0 Å². The zero-order valence-electron chi connectivity index (χ0n) is 17.3. The molecule has 1 aromatic carbocycles. The summed E-state index contributed by atoms with van der Waals surface area (Å²) < 4.78 is 7.30. The lowest BCUT2D eigenvalue weighted by Gasteiger charge is -2.25. The molecule has 31 heavy (non-hydrogen) atoms. The Kier molecular flexibility index (Phi) is 6.95. The van der Waals surface area contributed by atoms with Crippen LogP contribution in [0.1, 0.15) is 35.7 Å². The molecule has 0 radical (unpaired) electrons. The fraction of sp³-hybridized carbons (Fsp3) is 0.409. The summed E-state index contributed by atoms with van der Waals surface area (Å²) in [6.07, 6.45) is 5.84. The van der Waals surface area contributed by atoms with E-state index in [0.29, 0.717) is 48.3 Å². The Labute approximate surface area is 191 Å². The zero-order valence-corrected chi connectivity index (χ0v) is 18.8. The number of nitrogens with zero attached hydrogens (tertiary/aromatic N) is 3. The zero-order chi connectivity index (χ0) is 21.8. The number of carbonyl (C=O) groups excluding carboxylic acids is 1. The summed E-state index contributed by atoms with van der Waals surface area (Å²) in [5.74, 6) is -0.173. The summed E-state index contributed by atoms with van der Waals surface area (Å²) >= 11 is 12.1. The summed E-state index contributed by atoms with van der Waals surface area (Å²) in [5.41, 5.74) is 3.07. The van der Waals surface area contributed by atoms with Crippen LogP contribution in [-0.2, 0) is 17.7 Å². The van der Waals surface area contributed by atoms with Gasteiger partial charge >= 0.3 is 0 Å². The van der Waals surface area contributed by atoms with E-state index in [2.05, 4.69) is 20.7 Å². The van der Waals surface area contributed by atoms with Crippen molar-refractivity contribution in [2.45, 2.75) is 38.8 Å². The van der Waals surface area contributed by atoms with Gasteiger partial charge in [0.05, 0.1) is 32.9 Å². The molecule has 3 heterocycles. The lowest BCUT2D eigenvalue weighted by Crippen LogP contribution is -2.31. The molecule has 2 aromatic heterocycles. The monoisotopic (exact) mass is 461 g/mol. The first kappa shape index (κ1) is 21.9. The summed E-state index contributed by atoms with van der Waals surface area (Å²) in [5, 5.41) is 12.9. The van der Waals surface area contributed by atoms with E-state index in [4.69, 9.17) is 27.9 Å². The number of fused-ring (bicyclic) bond motifs is 1. The third-order valence-corrected chi connectivity index (χ3v) is 6.20. The average Bonchev–Trinajstić information content (AvgIpc) is 3.21. The van der Waals surface area contributed by atoms with Crippen LogP contribution in [0.15, 0.2) is 30.6 Å². The topological polar surface area (TPSA) is 81.1 Å². The molecule has 1 aliphatic rings. The first-order chi connectivity index (χ1) is 15.1. The molecule has 4 rings (SSSR count). The van der Waals surface area contributed by atoms with E-state index >= 15 is 0 Å². The second-order valence-corrected chi connectivity index (χ2v) is 8.34. The SMILES string of the molecule is CCn1ncc2c(NC3CCOCC3)c(C(=O)NCCc3ccc(Cl)c(Cl)c3)cnc21. The van der Waals surface area contributed by atoms with E-state index in [1.165, 1.54) is 0 Å². The molecule has 1 amide bonds. The molecule has 164 valence electrons. The normalized spacial score (nSPS) is 14.7. The van der Waals surface area contributed by atoms with Gasteiger partial charge < -0.3 is 15.4 Å². The van der Waals surface area contributed by atoms with E-state index in [0.717, 1.165) is 35.1 Å². The highest BCUT2D eigenvalue weighted by molar-refractivity contribution is 6.42. The molecule has 1 fully saturated rings. The van der Waals surface area contributed by atoms with E-state index in [1.54, 1.807) is 18.5 Å². The molecule has 1 saturated heterocycles. The van der Waals surface area contributed by atoms with Crippen LogP contribution in [0.25, 0.3) is 11.0 Å². The second-order valence-electron chi connectivity index (χ2n) is 7.53. The third kappa shape index (κ3) is 4.95. The maximum absolute atomic E-state index is 13.0. The number of rotatable bonds is 7. The van der Waals surface area contributed by atoms with Gasteiger partial charge in [0.25, 0.3) is 5.91 Å². The van der Waals surface area contributed by atoms with Gasteiger partial charge in [-0.25, -0.2) is 9.67 Å². The Morgan fingerprint density at radius 2 is 2.03 bits per heavy atom. The van der Waals surface area contributed by atoms with Gasteiger partial charge in [-0.3, -0.25) is 4.79 Å². The number of hydrogen-bond donors (Lipinski definition) is 2. The minimum atomic E-state index is -0.173. The molecule has 0 unspecified atom stereocenters. The van der Waals surface area contributed by atoms with Gasteiger partial charge in [-0.15, -0.1) is 0 Å². The summed E-state index contributed by atoms with van der Waals surface area (Å²) in [7, 11) is 0. The van der Waals surface area contributed by atoms with Crippen LogP contribution >= 0.6 is 23.2 Å². The highest BCUT2D eigenvalue weighted by atomic mass is 35.5. The van der Waals surface area contributed by atoms with E-state index in [9.17, 15) is 4.79 Å². The second kappa shape index (κ2) is 9.85. The molecule has 3 aromatic rings. The number of hydrogen-bond acceptors (Lipinski definition) is 5. The number of amides is 1. The molecule has 1 aliphatic heterocycles. The lowest BCUT2D eigenvalue weighted by molar-refractivity contribution is 0.0904. The van der Waals surface area contributed by atoms with Crippen molar-refractivity contribution in [2.75, 3.05) is 25.1 Å². The Morgan fingerprint density at radius 3 is 2.77 bits per heavy atom. The third-order valence-electron chi connectivity index (χ3n) is 5.46. The summed E-state index contributed by atoms with van der Waals surface area (Å²) in [4.78, 5) is 17.6.